The van der Waals surface area contributed by atoms with Crippen molar-refractivity contribution in [2.24, 2.45) is 39.9 Å². The van der Waals surface area contributed by atoms with Gasteiger partial charge in [0.25, 0.3) is 0 Å². The summed E-state index contributed by atoms with van der Waals surface area (Å²) >= 11 is 0. The molecule has 4 aliphatic rings. The largest absolute Gasteiger partial charge is 0.472 e. The summed E-state index contributed by atoms with van der Waals surface area (Å²) in [5.74, 6) is -2.39. The van der Waals surface area contributed by atoms with Gasteiger partial charge in [-0.15, -0.1) is 0 Å². The number of carbonyl (C=O) groups excluding carboxylic acids is 4. The van der Waals surface area contributed by atoms with Crippen LogP contribution in [0.2, 0.25) is 0 Å². The van der Waals surface area contributed by atoms with Crippen molar-refractivity contribution in [3.8, 4) is 0 Å². The van der Waals surface area contributed by atoms with Crippen LogP contribution in [0.3, 0.4) is 0 Å². The van der Waals surface area contributed by atoms with Crippen LogP contribution in [0.5, 0.6) is 0 Å². The van der Waals surface area contributed by atoms with Crippen molar-refractivity contribution in [2.75, 3.05) is 7.11 Å². The average molecular weight is 469 g/mol. The van der Waals surface area contributed by atoms with E-state index in [0.717, 1.165) is 24.0 Å². The molecule has 1 aliphatic heterocycles. The van der Waals surface area contributed by atoms with Gasteiger partial charge in [-0.1, -0.05) is 27.7 Å². The van der Waals surface area contributed by atoms with Gasteiger partial charge < -0.3 is 13.9 Å². The molecule has 182 valence electrons. The maximum absolute atomic E-state index is 13.8. The van der Waals surface area contributed by atoms with Gasteiger partial charge in [0.05, 0.1) is 32.0 Å². The molecule has 3 fully saturated rings. The summed E-state index contributed by atoms with van der Waals surface area (Å²) < 4.78 is 16.0. The minimum atomic E-state index is -0.867. The third-order valence-electron chi connectivity index (χ3n) is 9.70. The van der Waals surface area contributed by atoms with Crippen LogP contribution in [0.15, 0.2) is 34.7 Å². The van der Waals surface area contributed by atoms with Crippen LogP contribution in [-0.4, -0.2) is 30.6 Å². The first-order valence-corrected chi connectivity index (χ1v) is 12.1. The van der Waals surface area contributed by atoms with Gasteiger partial charge in [0.15, 0.2) is 0 Å². The maximum Gasteiger partial charge on any atom is 0.331 e. The van der Waals surface area contributed by atoms with Crippen LogP contribution in [-0.2, 0) is 28.7 Å². The van der Waals surface area contributed by atoms with E-state index in [9.17, 15) is 19.2 Å². The lowest BCUT2D eigenvalue weighted by Gasteiger charge is -2.63. The summed E-state index contributed by atoms with van der Waals surface area (Å²) in [5.41, 5.74) is -0.390. The number of esters is 2. The van der Waals surface area contributed by atoms with Crippen LogP contribution >= 0.6 is 0 Å². The van der Waals surface area contributed by atoms with E-state index < -0.39 is 46.1 Å². The summed E-state index contributed by atoms with van der Waals surface area (Å²) in [6, 6.07) is 1.82. The zero-order valence-corrected chi connectivity index (χ0v) is 20.4. The number of methoxy groups -OCH3 is 1. The zero-order chi connectivity index (χ0) is 24.6. The summed E-state index contributed by atoms with van der Waals surface area (Å²) in [7, 11) is 1.33. The summed E-state index contributed by atoms with van der Waals surface area (Å²) in [5, 5.41) is 0. The highest BCUT2D eigenvalue weighted by Gasteiger charge is 2.69. The van der Waals surface area contributed by atoms with Crippen molar-refractivity contribution in [1.82, 2.24) is 0 Å². The predicted octanol–water partition coefficient (Wildman–Crippen LogP) is 4.22. The Bertz CT molecular complexity index is 1100. The summed E-state index contributed by atoms with van der Waals surface area (Å²) in [4.78, 5) is 52.6. The van der Waals surface area contributed by atoms with E-state index in [4.69, 9.17) is 13.9 Å². The summed E-state index contributed by atoms with van der Waals surface area (Å²) in [6.45, 7) is 7.77. The zero-order valence-electron chi connectivity index (χ0n) is 20.4. The minimum Gasteiger partial charge on any atom is -0.472 e. The normalized spacial score (nSPS) is 40.6. The maximum atomic E-state index is 13.8. The second-order valence-electron chi connectivity index (χ2n) is 11.5. The molecule has 0 amide bonds. The molecule has 0 aromatic carbocycles. The van der Waals surface area contributed by atoms with E-state index in [1.165, 1.54) is 7.11 Å². The van der Waals surface area contributed by atoms with Gasteiger partial charge in [0.2, 0.25) is 0 Å². The molecule has 3 aliphatic carbocycles. The molecule has 0 spiro atoms. The molecule has 7 nitrogen and oxygen atoms in total. The van der Waals surface area contributed by atoms with Crippen molar-refractivity contribution in [3.63, 3.8) is 0 Å². The second kappa shape index (κ2) is 7.40. The van der Waals surface area contributed by atoms with E-state index in [-0.39, 0.29) is 29.8 Å². The van der Waals surface area contributed by atoms with Crippen LogP contribution < -0.4 is 0 Å². The first-order chi connectivity index (χ1) is 16.0. The molecule has 0 N–H and O–H groups in total. The monoisotopic (exact) mass is 468 g/mol. The lowest BCUT2D eigenvalue weighted by atomic mass is 9.39. The second-order valence-corrected chi connectivity index (χ2v) is 11.5. The number of rotatable bonds is 3. The Balaban J connectivity index is 1.62. The van der Waals surface area contributed by atoms with Crippen molar-refractivity contribution in [2.45, 2.75) is 59.5 Å². The quantitative estimate of drug-likeness (QED) is 0.484. The average Bonchev–Trinajstić information content (AvgIpc) is 3.32. The van der Waals surface area contributed by atoms with Crippen molar-refractivity contribution in [3.05, 3.63) is 35.8 Å². The fraction of sp³-hybridized carbons (Fsp3) is 0.630. The van der Waals surface area contributed by atoms with E-state index in [0.29, 0.717) is 6.42 Å². The molecule has 34 heavy (non-hydrogen) atoms. The number of hydrogen-bond acceptors (Lipinski definition) is 7. The highest BCUT2D eigenvalue weighted by Crippen LogP contribution is 2.68. The molecule has 3 saturated carbocycles. The van der Waals surface area contributed by atoms with Crippen molar-refractivity contribution >= 4 is 23.5 Å². The van der Waals surface area contributed by atoms with E-state index in [2.05, 4.69) is 6.92 Å². The lowest BCUT2D eigenvalue weighted by Crippen LogP contribution is -2.66. The topological polar surface area (TPSA) is 99.9 Å². The molecule has 2 heterocycles. The number of furan rings is 1. The molecular formula is C27H32O7. The molecule has 1 aromatic rings. The third-order valence-corrected chi connectivity index (χ3v) is 9.70. The molecule has 7 heteroatoms. The molecular weight excluding hydrogens is 436 g/mol. The molecule has 1 aromatic heterocycles. The van der Waals surface area contributed by atoms with Crippen molar-refractivity contribution < 1.29 is 33.1 Å². The fourth-order valence-electron chi connectivity index (χ4n) is 7.93. The number of ether oxygens (including phenoxy) is 2. The molecule has 0 saturated heterocycles. The van der Waals surface area contributed by atoms with Gasteiger partial charge >= 0.3 is 11.9 Å². The van der Waals surface area contributed by atoms with E-state index >= 15 is 0 Å². The molecule has 0 radical (unpaired) electrons. The fourth-order valence-corrected chi connectivity index (χ4v) is 7.93. The highest BCUT2D eigenvalue weighted by molar-refractivity contribution is 6.11. The SMILES string of the molecule is COC(=O)C[C@H]1C(C)(C)C(=O)[C@@H]2CC3C4=CC(=O)O[C@@H](c5ccoc5)[C@]4(C)CCC3[C@@]1(C)C2=O. The summed E-state index contributed by atoms with van der Waals surface area (Å²) in [6.07, 6.45) is 6.16. The van der Waals surface area contributed by atoms with E-state index in [1.54, 1.807) is 18.6 Å². The van der Waals surface area contributed by atoms with Gasteiger partial charge in [-0.25, -0.2) is 4.79 Å². The number of fused-ring (bicyclic) bond motifs is 6. The van der Waals surface area contributed by atoms with Gasteiger partial charge in [0, 0.05) is 27.9 Å². The Morgan fingerprint density at radius 1 is 1.15 bits per heavy atom. The lowest BCUT2D eigenvalue weighted by molar-refractivity contribution is -0.182. The van der Waals surface area contributed by atoms with Gasteiger partial charge in [-0.2, -0.15) is 0 Å². The van der Waals surface area contributed by atoms with Crippen LogP contribution in [0.25, 0.3) is 0 Å². The smallest absolute Gasteiger partial charge is 0.331 e. The molecule has 2 unspecified atom stereocenters. The van der Waals surface area contributed by atoms with Gasteiger partial charge in [0.1, 0.15) is 17.7 Å². The minimum absolute atomic E-state index is 0.0173. The van der Waals surface area contributed by atoms with Crippen LogP contribution in [0, 0.1) is 39.9 Å². The Kier molecular flexibility index (Phi) is 5.02. The number of hydrogen-bond donors (Lipinski definition) is 0. The van der Waals surface area contributed by atoms with Crippen LogP contribution in [0.4, 0.5) is 0 Å². The number of Topliss-reactive ketones (excluding diaryl/α,β-unsaturated/α-hetero) is 2. The van der Waals surface area contributed by atoms with Crippen LogP contribution in [0.1, 0.15) is 65.0 Å². The number of ketones is 2. The number of carbonyl (C=O) groups is 4. The Hall–Kier alpha value is -2.70. The highest BCUT2D eigenvalue weighted by atomic mass is 16.5. The Morgan fingerprint density at radius 3 is 2.53 bits per heavy atom. The standard InChI is InChI=1S/C27H32O7/c1-25(2)19(12-20(28)32-5)27(4)17-6-8-26(3)18(15(17)10-16(22(25)30)23(27)31)11-21(29)34-24(26)14-7-9-33-13-14/h7,9,11,13,15-17,19,24H,6,8,10,12H2,1-5H3/t15?,16-,17?,19-,24-,26+,27+/m0/s1. The van der Waals surface area contributed by atoms with E-state index in [1.807, 2.05) is 26.8 Å². The van der Waals surface area contributed by atoms with Gasteiger partial charge in [-0.05, 0) is 48.7 Å². The first kappa shape index (κ1) is 23.1. The molecule has 7 atom stereocenters. The third kappa shape index (κ3) is 2.88. The molecule has 2 bridgehead atoms. The Labute approximate surface area is 199 Å². The molecule has 5 rings (SSSR count). The number of cyclic esters (lactones) is 1. The predicted molar refractivity (Wildman–Crippen MR) is 120 cm³/mol. The Morgan fingerprint density at radius 2 is 1.88 bits per heavy atom. The first-order valence-electron chi connectivity index (χ1n) is 12.1. The van der Waals surface area contributed by atoms with Crippen molar-refractivity contribution in [1.29, 1.82) is 0 Å². The van der Waals surface area contributed by atoms with Gasteiger partial charge in [-0.3, -0.25) is 14.4 Å².